The first kappa shape index (κ1) is 20.8. The standard InChI is InChI=1S/C19H19F5N8/c20-15(21)9-32-17-14(5-28-32)25-6-16(30-17)29-12-1-10-7-31(8-11(10)2-12)13-3-26-18(27-4-13)19(22,23)24/h3-6,10-12,15H,1-2,7-9H2,(H,29,30). The molecule has 2 fully saturated rings. The van der Waals surface area contributed by atoms with Crippen LogP contribution in [-0.4, -0.2) is 55.3 Å². The first-order chi connectivity index (χ1) is 15.3. The van der Waals surface area contributed by atoms with Crippen LogP contribution in [0.15, 0.2) is 24.8 Å². The van der Waals surface area contributed by atoms with Crippen molar-refractivity contribution in [1.29, 1.82) is 0 Å². The van der Waals surface area contributed by atoms with Crippen molar-refractivity contribution in [2.75, 3.05) is 23.3 Å². The van der Waals surface area contributed by atoms with Crippen molar-refractivity contribution in [3.05, 3.63) is 30.6 Å². The lowest BCUT2D eigenvalue weighted by Crippen LogP contribution is -2.25. The molecule has 8 nitrogen and oxygen atoms in total. The maximum Gasteiger partial charge on any atom is 0.451 e. The molecule has 13 heteroatoms. The Morgan fingerprint density at radius 1 is 1.00 bits per heavy atom. The van der Waals surface area contributed by atoms with Crippen LogP contribution < -0.4 is 10.2 Å². The number of hydrogen-bond donors (Lipinski definition) is 1. The fourth-order valence-corrected chi connectivity index (χ4v) is 4.65. The third kappa shape index (κ3) is 4.02. The maximum atomic E-state index is 12.7. The van der Waals surface area contributed by atoms with Crippen LogP contribution in [0.3, 0.4) is 0 Å². The van der Waals surface area contributed by atoms with E-state index >= 15 is 0 Å². The zero-order valence-electron chi connectivity index (χ0n) is 16.7. The minimum Gasteiger partial charge on any atom is -0.368 e. The van der Waals surface area contributed by atoms with Gasteiger partial charge in [-0.3, -0.25) is 0 Å². The van der Waals surface area contributed by atoms with E-state index in [2.05, 4.69) is 30.4 Å². The topological polar surface area (TPSA) is 84.7 Å². The Balaban J connectivity index is 1.21. The SMILES string of the molecule is FC(F)Cn1ncc2ncc(NC3CC4CN(c5cnc(C(F)(F)F)nc5)CC4C3)nc21. The third-order valence-corrected chi connectivity index (χ3v) is 6.02. The van der Waals surface area contributed by atoms with Crippen molar-refractivity contribution in [2.24, 2.45) is 11.8 Å². The lowest BCUT2D eigenvalue weighted by Gasteiger charge is -2.21. The van der Waals surface area contributed by atoms with Crippen LogP contribution >= 0.6 is 0 Å². The molecule has 4 heterocycles. The molecule has 170 valence electrons. The molecule has 1 saturated heterocycles. The molecule has 0 spiro atoms. The summed E-state index contributed by atoms with van der Waals surface area (Å²) in [6.07, 6.45) is 0.0490. The van der Waals surface area contributed by atoms with E-state index in [9.17, 15) is 22.0 Å². The van der Waals surface area contributed by atoms with Gasteiger partial charge in [0.2, 0.25) is 5.82 Å². The molecule has 0 radical (unpaired) electrons. The molecule has 3 aromatic rings. The van der Waals surface area contributed by atoms with Gasteiger partial charge < -0.3 is 10.2 Å². The van der Waals surface area contributed by atoms with E-state index < -0.39 is 25.0 Å². The van der Waals surface area contributed by atoms with Crippen molar-refractivity contribution in [1.82, 2.24) is 29.7 Å². The van der Waals surface area contributed by atoms with Crippen molar-refractivity contribution in [2.45, 2.75) is 38.0 Å². The van der Waals surface area contributed by atoms with Gasteiger partial charge in [-0.2, -0.15) is 18.3 Å². The lowest BCUT2D eigenvalue weighted by atomic mass is 10.0. The molecule has 32 heavy (non-hydrogen) atoms. The molecule has 1 saturated carbocycles. The van der Waals surface area contributed by atoms with Crippen molar-refractivity contribution >= 4 is 22.7 Å². The van der Waals surface area contributed by atoms with Crippen LogP contribution in [0.2, 0.25) is 0 Å². The average Bonchev–Trinajstić information content (AvgIpc) is 3.41. The smallest absolute Gasteiger partial charge is 0.368 e. The van der Waals surface area contributed by atoms with Gasteiger partial charge in [-0.05, 0) is 24.7 Å². The number of nitrogens with zero attached hydrogens (tertiary/aromatic N) is 7. The minimum atomic E-state index is -4.55. The van der Waals surface area contributed by atoms with Gasteiger partial charge in [0.1, 0.15) is 17.9 Å². The van der Waals surface area contributed by atoms with Gasteiger partial charge in [0.25, 0.3) is 6.43 Å². The van der Waals surface area contributed by atoms with Gasteiger partial charge in [0.05, 0.1) is 30.5 Å². The minimum absolute atomic E-state index is 0.147. The average molecular weight is 454 g/mol. The quantitative estimate of drug-likeness (QED) is 0.593. The van der Waals surface area contributed by atoms with E-state index in [0.29, 0.717) is 47.6 Å². The number of anilines is 2. The van der Waals surface area contributed by atoms with Crippen molar-refractivity contribution < 1.29 is 22.0 Å². The summed E-state index contributed by atoms with van der Waals surface area (Å²) in [6.45, 7) is 0.881. The number of hydrogen-bond acceptors (Lipinski definition) is 7. The Bertz CT molecular complexity index is 1090. The molecular formula is C19H19F5N8. The molecular weight excluding hydrogens is 435 g/mol. The van der Waals surface area contributed by atoms with Crippen molar-refractivity contribution in [3.63, 3.8) is 0 Å². The number of halogens is 5. The number of fused-ring (bicyclic) bond motifs is 2. The molecule has 5 rings (SSSR count). The van der Waals surface area contributed by atoms with Crippen LogP contribution in [-0.2, 0) is 12.7 Å². The molecule has 1 aliphatic heterocycles. The number of aromatic nitrogens is 6. The second-order valence-corrected chi connectivity index (χ2v) is 8.18. The van der Waals surface area contributed by atoms with Gasteiger partial charge in [-0.15, -0.1) is 0 Å². The molecule has 1 N–H and O–H groups in total. The third-order valence-electron chi connectivity index (χ3n) is 6.02. The number of alkyl halides is 5. The predicted molar refractivity (Wildman–Crippen MR) is 104 cm³/mol. The number of nitrogens with one attached hydrogen (secondary N) is 1. The summed E-state index contributed by atoms with van der Waals surface area (Å²) < 4.78 is 64.6. The summed E-state index contributed by atoms with van der Waals surface area (Å²) >= 11 is 0. The van der Waals surface area contributed by atoms with E-state index in [1.807, 2.05) is 4.90 Å². The summed E-state index contributed by atoms with van der Waals surface area (Å²) in [5.41, 5.74) is 1.34. The van der Waals surface area contributed by atoms with Gasteiger partial charge in [-0.25, -0.2) is 33.4 Å². The maximum absolute atomic E-state index is 12.7. The Labute approximate surface area is 178 Å². The number of rotatable bonds is 5. The highest BCUT2D eigenvalue weighted by Crippen LogP contribution is 2.40. The first-order valence-corrected chi connectivity index (χ1v) is 10.1. The fourth-order valence-electron chi connectivity index (χ4n) is 4.65. The highest BCUT2D eigenvalue weighted by molar-refractivity contribution is 5.71. The second kappa shape index (κ2) is 7.78. The normalized spacial score (nSPS) is 23.3. The second-order valence-electron chi connectivity index (χ2n) is 8.18. The molecule has 2 atom stereocenters. The summed E-state index contributed by atoms with van der Waals surface area (Å²) in [6, 6.07) is 0.147. The van der Waals surface area contributed by atoms with Crippen LogP contribution in [0.5, 0.6) is 0 Å². The van der Waals surface area contributed by atoms with Gasteiger partial charge >= 0.3 is 6.18 Å². The van der Waals surface area contributed by atoms with E-state index in [-0.39, 0.29) is 6.04 Å². The largest absolute Gasteiger partial charge is 0.451 e. The molecule has 0 amide bonds. The van der Waals surface area contributed by atoms with E-state index in [4.69, 9.17) is 0 Å². The molecule has 0 aromatic carbocycles. The Morgan fingerprint density at radius 2 is 1.69 bits per heavy atom. The molecule has 2 unspecified atom stereocenters. The summed E-state index contributed by atoms with van der Waals surface area (Å²) in [4.78, 5) is 17.6. The van der Waals surface area contributed by atoms with Crippen molar-refractivity contribution in [3.8, 4) is 0 Å². The molecule has 2 aliphatic rings. The van der Waals surface area contributed by atoms with E-state index in [1.165, 1.54) is 18.6 Å². The van der Waals surface area contributed by atoms with Crippen LogP contribution in [0.1, 0.15) is 18.7 Å². The van der Waals surface area contributed by atoms with E-state index in [1.54, 1.807) is 6.20 Å². The molecule has 0 bridgehead atoms. The Hall–Kier alpha value is -3.12. The van der Waals surface area contributed by atoms with Gasteiger partial charge in [-0.1, -0.05) is 0 Å². The monoisotopic (exact) mass is 454 g/mol. The van der Waals surface area contributed by atoms with E-state index in [0.717, 1.165) is 17.5 Å². The zero-order chi connectivity index (χ0) is 22.5. The van der Waals surface area contributed by atoms with Crippen LogP contribution in [0.4, 0.5) is 33.5 Å². The lowest BCUT2D eigenvalue weighted by molar-refractivity contribution is -0.144. The summed E-state index contributed by atoms with van der Waals surface area (Å²) in [5, 5.41) is 7.26. The van der Waals surface area contributed by atoms with Gasteiger partial charge in [0, 0.05) is 19.1 Å². The highest BCUT2D eigenvalue weighted by Gasteiger charge is 2.41. The summed E-state index contributed by atoms with van der Waals surface area (Å²) in [5.74, 6) is 0.107. The molecule has 1 aliphatic carbocycles. The van der Waals surface area contributed by atoms with Crippen LogP contribution in [0.25, 0.3) is 11.2 Å². The fraction of sp³-hybridized carbons (Fsp3) is 0.526. The Morgan fingerprint density at radius 3 is 2.31 bits per heavy atom. The Kier molecular flexibility index (Phi) is 5.05. The van der Waals surface area contributed by atoms with Crippen LogP contribution in [0, 0.1) is 11.8 Å². The predicted octanol–water partition coefficient (Wildman–Crippen LogP) is 3.23. The summed E-state index contributed by atoms with van der Waals surface area (Å²) in [7, 11) is 0. The first-order valence-electron chi connectivity index (χ1n) is 10.1. The highest BCUT2D eigenvalue weighted by atomic mass is 19.4. The molecule has 3 aromatic heterocycles. The van der Waals surface area contributed by atoms with Gasteiger partial charge in [0.15, 0.2) is 5.65 Å². The zero-order valence-corrected chi connectivity index (χ0v) is 16.7.